The Morgan fingerprint density at radius 3 is 2.30 bits per heavy atom. The number of hydrogen-bond acceptors (Lipinski definition) is 5. The molecule has 2 aromatic rings. The molecule has 0 spiro atoms. The first kappa shape index (κ1) is 15.5. The van der Waals surface area contributed by atoms with Crippen LogP contribution in [0.1, 0.15) is 12.8 Å². The number of nitrogens with zero attached hydrogens (tertiary/aromatic N) is 4. The monoisotopic (exact) mass is 323 g/mol. The zero-order valence-electron chi connectivity index (χ0n) is 12.3. The van der Waals surface area contributed by atoms with Crippen molar-refractivity contribution in [1.29, 1.82) is 0 Å². The molecular weight excluding hydrogens is 307 g/mol. The summed E-state index contributed by atoms with van der Waals surface area (Å²) in [7, 11) is 0. The van der Waals surface area contributed by atoms with Gasteiger partial charge < -0.3 is 10.6 Å². The highest BCUT2D eigenvalue weighted by Gasteiger charge is 2.41. The number of nitrogen functional groups attached to an aromatic ring is 1. The van der Waals surface area contributed by atoms with E-state index in [9.17, 15) is 13.2 Å². The first-order valence-corrected chi connectivity index (χ1v) is 7.32. The van der Waals surface area contributed by atoms with Gasteiger partial charge in [0, 0.05) is 18.7 Å². The molecule has 1 aromatic carbocycles. The minimum atomic E-state index is -4.14. The van der Waals surface area contributed by atoms with Crippen LogP contribution >= 0.6 is 0 Å². The van der Waals surface area contributed by atoms with Crippen molar-refractivity contribution in [2.75, 3.05) is 23.7 Å². The average Bonchev–Trinajstić information content (AvgIpc) is 2.55. The fraction of sp³-hybridized carbons (Fsp3) is 0.400. The van der Waals surface area contributed by atoms with Gasteiger partial charge in [-0.2, -0.15) is 13.2 Å². The van der Waals surface area contributed by atoms with E-state index in [1.54, 1.807) is 4.90 Å². The first-order valence-electron chi connectivity index (χ1n) is 7.32. The average molecular weight is 323 g/mol. The van der Waals surface area contributed by atoms with Crippen LogP contribution in [-0.2, 0) is 0 Å². The van der Waals surface area contributed by atoms with Crippen LogP contribution in [0.3, 0.4) is 0 Å². The van der Waals surface area contributed by atoms with Crippen LogP contribution in [0.5, 0.6) is 0 Å². The van der Waals surface area contributed by atoms with Gasteiger partial charge in [-0.15, -0.1) is 10.2 Å². The molecule has 2 N–H and O–H groups in total. The molecule has 0 atom stereocenters. The van der Waals surface area contributed by atoms with E-state index < -0.39 is 12.1 Å². The van der Waals surface area contributed by atoms with Gasteiger partial charge in [0.05, 0.1) is 5.92 Å². The first-order chi connectivity index (χ1) is 10.9. The van der Waals surface area contributed by atoms with Crippen LogP contribution in [0.2, 0.25) is 0 Å². The van der Waals surface area contributed by atoms with E-state index in [4.69, 9.17) is 5.73 Å². The van der Waals surface area contributed by atoms with Gasteiger partial charge in [-0.3, -0.25) is 0 Å². The minimum absolute atomic E-state index is 0.0396. The Balaban J connectivity index is 1.87. The molecule has 0 bridgehead atoms. The normalized spacial score (nSPS) is 16.6. The van der Waals surface area contributed by atoms with Gasteiger partial charge in [0.15, 0.2) is 5.82 Å². The summed E-state index contributed by atoms with van der Waals surface area (Å²) < 4.78 is 38.4. The summed E-state index contributed by atoms with van der Waals surface area (Å²) in [6.07, 6.45) is -4.05. The molecule has 5 nitrogen and oxygen atoms in total. The summed E-state index contributed by atoms with van der Waals surface area (Å²) in [6.45, 7) is 0.536. The van der Waals surface area contributed by atoms with Crippen molar-refractivity contribution in [2.45, 2.75) is 19.0 Å². The number of piperidine rings is 1. The molecule has 3 rings (SSSR count). The number of aromatic nitrogens is 3. The third-order valence-corrected chi connectivity index (χ3v) is 3.99. The number of hydrogen-bond donors (Lipinski definition) is 1. The van der Waals surface area contributed by atoms with E-state index in [0.29, 0.717) is 11.5 Å². The summed E-state index contributed by atoms with van der Waals surface area (Å²) in [5, 5.41) is 7.83. The molecule has 0 aliphatic carbocycles. The summed E-state index contributed by atoms with van der Waals surface area (Å²) in [6, 6.07) is 9.29. The van der Waals surface area contributed by atoms with Gasteiger partial charge >= 0.3 is 6.18 Å². The fourth-order valence-electron chi connectivity index (χ4n) is 2.75. The molecule has 1 aliphatic rings. The van der Waals surface area contributed by atoms with Crippen molar-refractivity contribution in [3.8, 4) is 11.3 Å². The molecule has 0 saturated carbocycles. The Labute approximate surface area is 131 Å². The molecule has 1 fully saturated rings. The van der Waals surface area contributed by atoms with Gasteiger partial charge in [-0.05, 0) is 12.8 Å². The number of nitrogens with two attached hydrogens (primary N) is 1. The second kappa shape index (κ2) is 6.02. The number of alkyl halides is 3. The predicted molar refractivity (Wildman–Crippen MR) is 80.7 cm³/mol. The van der Waals surface area contributed by atoms with E-state index >= 15 is 0 Å². The maximum Gasteiger partial charge on any atom is 0.391 e. The highest BCUT2D eigenvalue weighted by molar-refractivity contribution is 5.72. The van der Waals surface area contributed by atoms with E-state index in [1.807, 2.05) is 30.3 Å². The zero-order valence-corrected chi connectivity index (χ0v) is 12.3. The number of anilines is 2. The maximum absolute atomic E-state index is 12.8. The Morgan fingerprint density at radius 1 is 1.04 bits per heavy atom. The van der Waals surface area contributed by atoms with Crippen molar-refractivity contribution in [1.82, 2.24) is 15.2 Å². The smallest absolute Gasteiger partial charge is 0.366 e. The van der Waals surface area contributed by atoms with Gasteiger partial charge in [0.25, 0.3) is 0 Å². The SMILES string of the molecule is Nc1nnc(N2CCC(C(F)(F)F)CC2)c(-c2ccccc2)n1. The molecule has 23 heavy (non-hydrogen) atoms. The zero-order chi connectivity index (χ0) is 16.4. The molecule has 2 heterocycles. The van der Waals surface area contributed by atoms with E-state index in [2.05, 4.69) is 15.2 Å². The Kier molecular flexibility index (Phi) is 4.06. The summed E-state index contributed by atoms with van der Waals surface area (Å²) in [5.41, 5.74) is 6.97. The van der Waals surface area contributed by atoms with Crippen molar-refractivity contribution in [3.63, 3.8) is 0 Å². The predicted octanol–water partition coefficient (Wildman–Crippen LogP) is 2.90. The summed E-state index contributed by atoms with van der Waals surface area (Å²) in [5.74, 6) is -0.738. The molecule has 1 aliphatic heterocycles. The van der Waals surface area contributed by atoms with E-state index in [-0.39, 0.29) is 31.9 Å². The topological polar surface area (TPSA) is 67.9 Å². The molecule has 8 heteroatoms. The summed E-state index contributed by atoms with van der Waals surface area (Å²) in [4.78, 5) is 6.02. The number of benzene rings is 1. The Bertz CT molecular complexity index is 667. The quantitative estimate of drug-likeness (QED) is 0.920. The largest absolute Gasteiger partial charge is 0.391 e. The molecule has 0 amide bonds. The second-order valence-electron chi connectivity index (χ2n) is 5.51. The molecule has 0 radical (unpaired) electrons. The van der Waals surface area contributed by atoms with Crippen molar-refractivity contribution < 1.29 is 13.2 Å². The van der Waals surface area contributed by atoms with Crippen molar-refractivity contribution >= 4 is 11.8 Å². The standard InChI is InChI=1S/C15H16F3N5/c16-15(17,18)11-6-8-23(9-7-11)13-12(20-14(19)22-21-13)10-4-2-1-3-5-10/h1-5,11H,6-9H2,(H2,19,20,22). The summed E-state index contributed by atoms with van der Waals surface area (Å²) >= 11 is 0. The highest BCUT2D eigenvalue weighted by Crippen LogP contribution is 2.36. The fourth-order valence-corrected chi connectivity index (χ4v) is 2.75. The molecular formula is C15H16F3N5. The van der Waals surface area contributed by atoms with Gasteiger partial charge in [-0.1, -0.05) is 30.3 Å². The van der Waals surface area contributed by atoms with Crippen molar-refractivity contribution in [3.05, 3.63) is 30.3 Å². The third-order valence-electron chi connectivity index (χ3n) is 3.99. The third kappa shape index (κ3) is 3.35. The number of halogens is 3. The lowest BCUT2D eigenvalue weighted by Crippen LogP contribution is -2.39. The van der Waals surface area contributed by atoms with Crippen LogP contribution in [0.4, 0.5) is 24.9 Å². The van der Waals surface area contributed by atoms with E-state index in [0.717, 1.165) is 5.56 Å². The molecule has 122 valence electrons. The lowest BCUT2D eigenvalue weighted by atomic mass is 9.96. The highest BCUT2D eigenvalue weighted by atomic mass is 19.4. The lowest BCUT2D eigenvalue weighted by Gasteiger charge is -2.33. The second-order valence-corrected chi connectivity index (χ2v) is 5.51. The van der Waals surface area contributed by atoms with Crippen LogP contribution < -0.4 is 10.6 Å². The van der Waals surface area contributed by atoms with Crippen LogP contribution in [0.15, 0.2) is 30.3 Å². The van der Waals surface area contributed by atoms with Crippen LogP contribution in [0.25, 0.3) is 11.3 Å². The molecule has 1 aromatic heterocycles. The minimum Gasteiger partial charge on any atom is -0.366 e. The van der Waals surface area contributed by atoms with Gasteiger partial charge in [0.2, 0.25) is 5.95 Å². The van der Waals surface area contributed by atoms with Crippen molar-refractivity contribution in [2.24, 2.45) is 5.92 Å². The van der Waals surface area contributed by atoms with Crippen LogP contribution in [0, 0.1) is 5.92 Å². The Hall–Kier alpha value is -2.38. The Morgan fingerprint density at radius 2 is 1.70 bits per heavy atom. The number of rotatable bonds is 2. The van der Waals surface area contributed by atoms with E-state index in [1.165, 1.54) is 0 Å². The molecule has 0 unspecified atom stereocenters. The van der Waals surface area contributed by atoms with Crippen LogP contribution in [-0.4, -0.2) is 34.4 Å². The van der Waals surface area contributed by atoms with Gasteiger partial charge in [0.1, 0.15) is 5.69 Å². The van der Waals surface area contributed by atoms with Gasteiger partial charge in [-0.25, -0.2) is 4.98 Å². The maximum atomic E-state index is 12.8. The lowest BCUT2D eigenvalue weighted by molar-refractivity contribution is -0.179. The molecule has 1 saturated heterocycles.